The zero-order chi connectivity index (χ0) is 10.4. The zero-order valence-corrected chi connectivity index (χ0v) is 7.76. The summed E-state index contributed by atoms with van der Waals surface area (Å²) in [5.74, 6) is 0.626. The van der Waals surface area contributed by atoms with E-state index in [-0.39, 0.29) is 19.0 Å². The van der Waals surface area contributed by atoms with Crippen LogP contribution in [0.15, 0.2) is 24.3 Å². The van der Waals surface area contributed by atoms with Crippen LogP contribution in [0.3, 0.4) is 0 Å². The fraction of sp³-hybridized carbons (Fsp3) is 0.400. The van der Waals surface area contributed by atoms with E-state index in [1.165, 1.54) is 12.1 Å². The molecule has 0 amide bonds. The Kier molecular flexibility index (Phi) is 4.22. The summed E-state index contributed by atoms with van der Waals surface area (Å²) in [6.07, 6.45) is -0.388. The predicted molar refractivity (Wildman–Crippen MR) is 51.3 cm³/mol. The normalized spacial score (nSPS) is 12.4. The van der Waals surface area contributed by atoms with Gasteiger partial charge < -0.3 is 20.1 Å². The van der Waals surface area contributed by atoms with Crippen LogP contribution in [-0.4, -0.2) is 34.6 Å². The number of ether oxygens (including phenoxy) is 1. The summed E-state index contributed by atoms with van der Waals surface area (Å²) in [5.41, 5.74) is 0. The van der Waals surface area contributed by atoms with Gasteiger partial charge in [-0.3, -0.25) is 0 Å². The number of hydrogen-bond donors (Lipinski definition) is 3. The summed E-state index contributed by atoms with van der Waals surface area (Å²) in [4.78, 5) is 0. The lowest BCUT2D eigenvalue weighted by Gasteiger charge is -2.10. The molecule has 0 aliphatic rings. The van der Waals surface area contributed by atoms with Gasteiger partial charge >= 0.3 is 0 Å². The Morgan fingerprint density at radius 2 is 2.14 bits per heavy atom. The largest absolute Gasteiger partial charge is 0.508 e. The summed E-state index contributed by atoms with van der Waals surface area (Å²) in [6.45, 7) is 0.0502. The first-order valence-corrected chi connectivity index (χ1v) is 4.43. The molecular formula is C10H14O4. The Labute approximate surface area is 82.4 Å². The van der Waals surface area contributed by atoms with Gasteiger partial charge in [0.2, 0.25) is 0 Å². The maximum Gasteiger partial charge on any atom is 0.123 e. The molecule has 1 atom stereocenters. The van der Waals surface area contributed by atoms with Crippen molar-refractivity contribution in [2.75, 3.05) is 13.2 Å². The van der Waals surface area contributed by atoms with Crippen LogP contribution < -0.4 is 4.74 Å². The third kappa shape index (κ3) is 3.64. The molecule has 0 saturated heterocycles. The van der Waals surface area contributed by atoms with Crippen LogP contribution in [0.5, 0.6) is 11.5 Å². The van der Waals surface area contributed by atoms with Gasteiger partial charge in [-0.15, -0.1) is 0 Å². The highest BCUT2D eigenvalue weighted by atomic mass is 16.5. The third-order valence-corrected chi connectivity index (χ3v) is 1.72. The molecule has 0 aromatic heterocycles. The van der Waals surface area contributed by atoms with E-state index in [1.54, 1.807) is 12.1 Å². The van der Waals surface area contributed by atoms with Gasteiger partial charge in [-0.1, -0.05) is 6.07 Å². The molecule has 78 valence electrons. The van der Waals surface area contributed by atoms with Gasteiger partial charge in [-0.05, 0) is 18.6 Å². The van der Waals surface area contributed by atoms with E-state index in [4.69, 9.17) is 14.9 Å². The molecule has 1 unspecified atom stereocenters. The van der Waals surface area contributed by atoms with Gasteiger partial charge in [0.15, 0.2) is 0 Å². The van der Waals surface area contributed by atoms with Crippen molar-refractivity contribution >= 4 is 0 Å². The highest BCUT2D eigenvalue weighted by Crippen LogP contribution is 2.17. The molecule has 1 aromatic carbocycles. The van der Waals surface area contributed by atoms with Gasteiger partial charge in [-0.2, -0.15) is 0 Å². The maximum absolute atomic E-state index is 9.23. The summed E-state index contributed by atoms with van der Waals surface area (Å²) in [7, 11) is 0. The molecule has 0 heterocycles. The van der Waals surface area contributed by atoms with E-state index in [0.29, 0.717) is 12.2 Å². The van der Waals surface area contributed by atoms with Crippen molar-refractivity contribution in [1.29, 1.82) is 0 Å². The highest BCUT2D eigenvalue weighted by molar-refractivity contribution is 5.31. The highest BCUT2D eigenvalue weighted by Gasteiger charge is 2.04. The third-order valence-electron chi connectivity index (χ3n) is 1.72. The van der Waals surface area contributed by atoms with E-state index >= 15 is 0 Å². The number of aromatic hydroxyl groups is 1. The number of benzene rings is 1. The van der Waals surface area contributed by atoms with Crippen molar-refractivity contribution in [2.24, 2.45) is 0 Å². The second-order valence-corrected chi connectivity index (χ2v) is 2.97. The van der Waals surface area contributed by atoms with Crippen LogP contribution in [0, 0.1) is 0 Å². The summed E-state index contributed by atoms with van der Waals surface area (Å²) in [6, 6.07) is 6.34. The summed E-state index contributed by atoms with van der Waals surface area (Å²) in [5, 5.41) is 26.9. The van der Waals surface area contributed by atoms with E-state index in [0.717, 1.165) is 0 Å². The molecule has 4 heteroatoms. The second-order valence-electron chi connectivity index (χ2n) is 2.97. The number of aliphatic hydroxyl groups is 2. The predicted octanol–water partition coefficient (Wildman–Crippen LogP) is 0.514. The lowest BCUT2D eigenvalue weighted by Crippen LogP contribution is -2.18. The first-order valence-electron chi connectivity index (χ1n) is 4.43. The Morgan fingerprint density at radius 3 is 2.79 bits per heavy atom. The Bertz CT molecular complexity index is 275. The standard InChI is InChI=1S/C10H14O4/c11-5-4-9(13)7-14-10-3-1-2-8(12)6-10/h1-3,6,9,11-13H,4-5,7H2. The first kappa shape index (κ1) is 10.8. The molecule has 0 fully saturated rings. The van der Waals surface area contributed by atoms with Crippen LogP contribution in [0.2, 0.25) is 0 Å². The van der Waals surface area contributed by atoms with E-state index in [9.17, 15) is 5.11 Å². The number of hydrogen-bond acceptors (Lipinski definition) is 4. The van der Waals surface area contributed by atoms with Crippen molar-refractivity contribution in [3.05, 3.63) is 24.3 Å². The average molecular weight is 198 g/mol. The van der Waals surface area contributed by atoms with Crippen LogP contribution in [-0.2, 0) is 0 Å². The SMILES string of the molecule is OCCC(O)COc1cccc(O)c1. The summed E-state index contributed by atoms with van der Waals surface area (Å²) >= 11 is 0. The quantitative estimate of drug-likeness (QED) is 0.645. The van der Waals surface area contributed by atoms with Gasteiger partial charge in [0.25, 0.3) is 0 Å². The van der Waals surface area contributed by atoms with Gasteiger partial charge in [0, 0.05) is 12.7 Å². The molecule has 14 heavy (non-hydrogen) atoms. The summed E-state index contributed by atoms with van der Waals surface area (Å²) < 4.78 is 5.18. The molecular weight excluding hydrogens is 184 g/mol. The molecule has 0 spiro atoms. The topological polar surface area (TPSA) is 69.9 Å². The van der Waals surface area contributed by atoms with Crippen LogP contribution in [0.4, 0.5) is 0 Å². The molecule has 1 aromatic rings. The second kappa shape index (κ2) is 5.47. The average Bonchev–Trinajstić information content (AvgIpc) is 2.15. The monoisotopic (exact) mass is 198 g/mol. The Morgan fingerprint density at radius 1 is 1.36 bits per heavy atom. The molecule has 0 aliphatic carbocycles. The fourth-order valence-corrected chi connectivity index (χ4v) is 0.998. The molecule has 4 nitrogen and oxygen atoms in total. The molecule has 0 bridgehead atoms. The van der Waals surface area contributed by atoms with E-state index in [1.807, 2.05) is 0 Å². The van der Waals surface area contributed by atoms with Crippen molar-refractivity contribution in [2.45, 2.75) is 12.5 Å². The van der Waals surface area contributed by atoms with Gasteiger partial charge in [-0.25, -0.2) is 0 Å². The van der Waals surface area contributed by atoms with Crippen molar-refractivity contribution in [3.8, 4) is 11.5 Å². The van der Waals surface area contributed by atoms with Crippen LogP contribution in [0.1, 0.15) is 6.42 Å². The van der Waals surface area contributed by atoms with Crippen LogP contribution >= 0.6 is 0 Å². The Hall–Kier alpha value is -1.26. The minimum Gasteiger partial charge on any atom is -0.508 e. The maximum atomic E-state index is 9.23. The van der Waals surface area contributed by atoms with Crippen LogP contribution in [0.25, 0.3) is 0 Å². The lowest BCUT2D eigenvalue weighted by molar-refractivity contribution is 0.0820. The molecule has 0 aliphatic heterocycles. The van der Waals surface area contributed by atoms with Crippen molar-refractivity contribution in [3.63, 3.8) is 0 Å². The minimum absolute atomic E-state index is 0.0649. The molecule has 1 rings (SSSR count). The number of rotatable bonds is 5. The number of aliphatic hydroxyl groups excluding tert-OH is 2. The fourth-order valence-electron chi connectivity index (χ4n) is 0.998. The van der Waals surface area contributed by atoms with Gasteiger partial charge in [0.1, 0.15) is 18.1 Å². The molecule has 3 N–H and O–H groups in total. The smallest absolute Gasteiger partial charge is 0.123 e. The van der Waals surface area contributed by atoms with E-state index < -0.39 is 6.10 Å². The molecule has 0 radical (unpaired) electrons. The van der Waals surface area contributed by atoms with Gasteiger partial charge in [0.05, 0.1) is 6.10 Å². The molecule has 0 saturated carbocycles. The first-order chi connectivity index (χ1) is 6.72. The zero-order valence-electron chi connectivity index (χ0n) is 7.76. The minimum atomic E-state index is -0.678. The van der Waals surface area contributed by atoms with Crippen molar-refractivity contribution < 1.29 is 20.1 Å². The van der Waals surface area contributed by atoms with Crippen molar-refractivity contribution in [1.82, 2.24) is 0 Å². The number of phenolic OH excluding ortho intramolecular Hbond substituents is 1. The number of phenols is 1. The van der Waals surface area contributed by atoms with E-state index in [2.05, 4.69) is 0 Å². The lowest BCUT2D eigenvalue weighted by atomic mass is 10.3. The Balaban J connectivity index is 2.37.